The largest absolute Gasteiger partial charge is 0.481 e. The van der Waals surface area contributed by atoms with Crippen LogP contribution in [-0.4, -0.2) is 53.8 Å². The van der Waals surface area contributed by atoms with E-state index in [0.717, 1.165) is 35.1 Å². The summed E-state index contributed by atoms with van der Waals surface area (Å²) in [5, 5.41) is 14.6. The Labute approximate surface area is 209 Å². The van der Waals surface area contributed by atoms with Crippen LogP contribution in [0.15, 0.2) is 48.5 Å². The van der Waals surface area contributed by atoms with Gasteiger partial charge in [0.1, 0.15) is 12.6 Å². The van der Waals surface area contributed by atoms with Gasteiger partial charge in [0.15, 0.2) is 0 Å². The van der Waals surface area contributed by atoms with Crippen molar-refractivity contribution in [2.45, 2.75) is 37.6 Å². The van der Waals surface area contributed by atoms with Crippen LogP contribution in [0.1, 0.15) is 42.7 Å². The number of benzene rings is 2. The minimum atomic E-state index is -1.01. The predicted molar refractivity (Wildman–Crippen MR) is 134 cm³/mol. The summed E-state index contributed by atoms with van der Waals surface area (Å²) in [6.45, 7) is 0.691. The van der Waals surface area contributed by atoms with Gasteiger partial charge in [-0.2, -0.15) is 11.8 Å². The number of alkyl carbamates (subject to hydrolysis) is 1. The van der Waals surface area contributed by atoms with E-state index in [-0.39, 0.29) is 31.3 Å². The lowest BCUT2D eigenvalue weighted by Crippen LogP contribution is -2.53. The molecule has 1 aliphatic heterocycles. The summed E-state index contributed by atoms with van der Waals surface area (Å²) in [6, 6.07) is 15.2. The Morgan fingerprint density at radius 2 is 1.66 bits per heavy atom. The lowest BCUT2D eigenvalue weighted by Gasteiger charge is -2.53. The van der Waals surface area contributed by atoms with Crippen LogP contribution in [0.2, 0.25) is 0 Å². The molecular formula is C27H30N2O5S. The van der Waals surface area contributed by atoms with Crippen LogP contribution < -0.4 is 10.6 Å². The molecule has 1 unspecified atom stereocenters. The van der Waals surface area contributed by atoms with Crippen LogP contribution in [0.4, 0.5) is 4.79 Å². The van der Waals surface area contributed by atoms with Gasteiger partial charge in [-0.05, 0) is 64.4 Å². The zero-order chi connectivity index (χ0) is 24.4. The van der Waals surface area contributed by atoms with Gasteiger partial charge < -0.3 is 20.5 Å². The van der Waals surface area contributed by atoms with Gasteiger partial charge >= 0.3 is 12.1 Å². The molecule has 1 heterocycles. The van der Waals surface area contributed by atoms with Crippen molar-refractivity contribution < 1.29 is 24.2 Å². The number of carbonyl (C=O) groups is 3. The summed E-state index contributed by atoms with van der Waals surface area (Å²) < 4.78 is 5.55. The maximum atomic E-state index is 12.8. The first-order valence-corrected chi connectivity index (χ1v) is 13.3. The smallest absolute Gasteiger partial charge is 0.407 e. The Balaban J connectivity index is 1.16. The molecule has 2 aromatic rings. The molecule has 3 aliphatic rings. The summed E-state index contributed by atoms with van der Waals surface area (Å²) in [4.78, 5) is 36.5. The number of fused-ring (bicyclic) bond motifs is 3. The summed E-state index contributed by atoms with van der Waals surface area (Å²) in [6.07, 6.45) is 1.33. The second-order valence-corrected chi connectivity index (χ2v) is 11.0. The molecule has 8 heteroatoms. The lowest BCUT2D eigenvalue weighted by atomic mass is 9.63. The number of aliphatic carboxylic acids is 1. The molecule has 3 N–H and O–H groups in total. The monoisotopic (exact) mass is 494 g/mol. The van der Waals surface area contributed by atoms with Gasteiger partial charge in [-0.3, -0.25) is 9.59 Å². The van der Waals surface area contributed by atoms with Crippen LogP contribution in [0.25, 0.3) is 11.1 Å². The summed E-state index contributed by atoms with van der Waals surface area (Å²) in [7, 11) is 0. The van der Waals surface area contributed by atoms with Gasteiger partial charge in [0, 0.05) is 18.9 Å². The van der Waals surface area contributed by atoms with E-state index in [1.807, 2.05) is 48.2 Å². The van der Waals surface area contributed by atoms with Crippen molar-refractivity contribution in [2.75, 3.05) is 24.7 Å². The molecule has 184 valence electrons. The molecule has 2 aliphatic carbocycles. The number of thioether (sulfide) groups is 1. The van der Waals surface area contributed by atoms with E-state index in [1.54, 1.807) is 0 Å². The third-order valence-corrected chi connectivity index (χ3v) is 9.06. The van der Waals surface area contributed by atoms with E-state index in [2.05, 4.69) is 22.8 Å². The maximum Gasteiger partial charge on any atom is 0.407 e. The highest BCUT2D eigenvalue weighted by Gasteiger charge is 2.48. The maximum absolute atomic E-state index is 12.8. The molecule has 0 aromatic heterocycles. The number of carbonyl (C=O) groups excluding carboxylic acids is 2. The first-order valence-electron chi connectivity index (χ1n) is 12.1. The van der Waals surface area contributed by atoms with Crippen LogP contribution in [0.3, 0.4) is 0 Å². The van der Waals surface area contributed by atoms with Gasteiger partial charge in [0.2, 0.25) is 5.91 Å². The highest BCUT2D eigenvalue weighted by atomic mass is 32.2. The van der Waals surface area contributed by atoms with Crippen molar-refractivity contribution in [3.05, 3.63) is 59.7 Å². The molecule has 2 fully saturated rings. The van der Waals surface area contributed by atoms with Crippen molar-refractivity contribution in [1.29, 1.82) is 0 Å². The molecule has 1 atom stereocenters. The van der Waals surface area contributed by atoms with Crippen molar-refractivity contribution in [3.8, 4) is 11.1 Å². The molecular weight excluding hydrogens is 464 g/mol. The molecule has 0 radical (unpaired) electrons. The van der Waals surface area contributed by atoms with Crippen LogP contribution in [0.5, 0.6) is 0 Å². The van der Waals surface area contributed by atoms with E-state index < -0.39 is 18.1 Å². The molecule has 1 saturated carbocycles. The normalized spacial score (nSPS) is 18.5. The van der Waals surface area contributed by atoms with E-state index in [4.69, 9.17) is 9.84 Å². The minimum absolute atomic E-state index is 0.0105. The number of carboxylic acids is 1. The first-order chi connectivity index (χ1) is 16.9. The topological polar surface area (TPSA) is 105 Å². The van der Waals surface area contributed by atoms with Gasteiger partial charge in [-0.25, -0.2) is 4.79 Å². The fourth-order valence-electron chi connectivity index (χ4n) is 5.62. The summed E-state index contributed by atoms with van der Waals surface area (Å²) in [5.74, 6) is 1.41. The summed E-state index contributed by atoms with van der Waals surface area (Å²) >= 11 is 1.97. The molecule has 1 saturated heterocycles. The van der Waals surface area contributed by atoms with Crippen molar-refractivity contribution in [1.82, 2.24) is 10.6 Å². The summed E-state index contributed by atoms with van der Waals surface area (Å²) in [5.41, 5.74) is 4.96. The average Bonchev–Trinajstić information content (AvgIpc) is 3.12. The third-order valence-electron chi connectivity index (χ3n) is 7.42. The third kappa shape index (κ3) is 5.03. The second kappa shape index (κ2) is 9.93. The number of hydrogen-bond donors (Lipinski definition) is 3. The van der Waals surface area contributed by atoms with Crippen molar-refractivity contribution in [3.63, 3.8) is 0 Å². The van der Waals surface area contributed by atoms with E-state index in [9.17, 15) is 14.4 Å². The number of rotatable bonds is 9. The predicted octanol–water partition coefficient (Wildman–Crippen LogP) is 4.02. The lowest BCUT2D eigenvalue weighted by molar-refractivity contribution is -0.137. The van der Waals surface area contributed by atoms with Gasteiger partial charge in [0.25, 0.3) is 0 Å². The Kier molecular flexibility index (Phi) is 6.73. The number of nitrogens with one attached hydrogen (secondary N) is 2. The molecule has 5 rings (SSSR count). The SMILES string of the molecule is O=C(O)CCC(NC(=O)OCC1c2ccccc2-c2ccccc21)C(=O)NCC1CC2(CSC2)C1. The molecule has 1 spiro atoms. The quantitative estimate of drug-likeness (QED) is 0.486. The highest BCUT2D eigenvalue weighted by Crippen LogP contribution is 2.55. The Morgan fingerprint density at radius 3 is 2.23 bits per heavy atom. The Hall–Kier alpha value is -3.00. The second-order valence-electron chi connectivity index (χ2n) is 9.97. The van der Waals surface area contributed by atoms with E-state index in [1.165, 1.54) is 11.5 Å². The first kappa shape index (κ1) is 23.7. The number of ether oxygens (including phenoxy) is 1. The van der Waals surface area contributed by atoms with Crippen LogP contribution >= 0.6 is 11.8 Å². The van der Waals surface area contributed by atoms with Gasteiger partial charge in [-0.15, -0.1) is 0 Å². The number of hydrogen-bond acceptors (Lipinski definition) is 5. The molecule has 2 amide bonds. The van der Waals surface area contributed by atoms with Crippen molar-refractivity contribution >= 4 is 29.7 Å². The highest BCUT2D eigenvalue weighted by molar-refractivity contribution is 8.00. The van der Waals surface area contributed by atoms with E-state index >= 15 is 0 Å². The molecule has 2 aromatic carbocycles. The van der Waals surface area contributed by atoms with Crippen LogP contribution in [-0.2, 0) is 14.3 Å². The molecule has 35 heavy (non-hydrogen) atoms. The molecule has 7 nitrogen and oxygen atoms in total. The average molecular weight is 495 g/mol. The van der Waals surface area contributed by atoms with Crippen molar-refractivity contribution in [2.24, 2.45) is 11.3 Å². The zero-order valence-corrected chi connectivity index (χ0v) is 20.3. The van der Waals surface area contributed by atoms with Crippen LogP contribution in [0, 0.1) is 11.3 Å². The number of carboxylic acid groups (broad SMARTS) is 1. The zero-order valence-electron chi connectivity index (χ0n) is 19.5. The minimum Gasteiger partial charge on any atom is -0.481 e. The number of amides is 2. The molecule has 0 bridgehead atoms. The fraction of sp³-hybridized carbons (Fsp3) is 0.444. The van der Waals surface area contributed by atoms with Gasteiger partial charge in [-0.1, -0.05) is 48.5 Å². The standard InChI is InChI=1S/C27H30N2O5S/c30-24(31)10-9-23(25(32)28-13-17-11-27(12-17)15-35-16-27)29-26(33)34-14-22-20-7-3-1-5-18(20)19-6-2-4-8-21(19)22/h1-8,17,22-23H,9-16H2,(H,28,32)(H,29,33)(H,30,31). The fourth-order valence-corrected chi connectivity index (χ4v) is 6.88. The van der Waals surface area contributed by atoms with E-state index in [0.29, 0.717) is 17.9 Å². The van der Waals surface area contributed by atoms with Gasteiger partial charge in [0.05, 0.1) is 0 Å². The Bertz CT molecular complexity index is 1080. The Morgan fingerprint density at radius 1 is 1.03 bits per heavy atom.